The third-order valence-corrected chi connectivity index (χ3v) is 8.20. The van der Waals surface area contributed by atoms with Crippen LogP contribution in [0.5, 0.6) is 23.0 Å². The Labute approximate surface area is 292 Å². The second-order valence-electron chi connectivity index (χ2n) is 10.9. The molecule has 5 rings (SSSR count). The number of halogens is 1. The number of methoxy groups -OCH3 is 2. The minimum atomic E-state index is -1.17. The predicted octanol–water partition coefficient (Wildman–Crippen LogP) is 5.71. The molecule has 0 spiro atoms. The number of hydrogen-bond acceptors (Lipinski definition) is 10. The third-order valence-electron chi connectivity index (χ3n) is 7.61. The van der Waals surface area contributed by atoms with Crippen molar-refractivity contribution in [2.45, 2.75) is 32.7 Å². The van der Waals surface area contributed by atoms with Gasteiger partial charge in [0.1, 0.15) is 13.2 Å². The molecular formula is C36H37BrN4O8. The van der Waals surface area contributed by atoms with Crippen LogP contribution in [0.3, 0.4) is 0 Å². The number of aliphatic hydroxyl groups excluding tert-OH is 1. The molecule has 12 nitrogen and oxygen atoms in total. The first-order valence-corrected chi connectivity index (χ1v) is 16.2. The van der Waals surface area contributed by atoms with Gasteiger partial charge < -0.3 is 39.4 Å². The van der Waals surface area contributed by atoms with Crippen LogP contribution in [0.15, 0.2) is 93.6 Å². The van der Waals surface area contributed by atoms with Gasteiger partial charge >= 0.3 is 12.0 Å². The number of benzene rings is 4. The van der Waals surface area contributed by atoms with Crippen LogP contribution >= 0.6 is 15.9 Å². The normalized spacial score (nSPS) is 15.0. The molecule has 49 heavy (non-hydrogen) atoms. The van der Waals surface area contributed by atoms with Crippen LogP contribution in [0.1, 0.15) is 36.6 Å². The third kappa shape index (κ3) is 8.42. The summed E-state index contributed by atoms with van der Waals surface area (Å²) in [6.45, 7) is 3.96. The maximum Gasteiger partial charge on any atom is 0.337 e. The van der Waals surface area contributed by atoms with Crippen LogP contribution in [0.25, 0.3) is 10.8 Å². The number of aliphatic hydroxyl groups is 1. The number of carbonyl (C=O) groups is 2. The molecule has 0 unspecified atom stereocenters. The van der Waals surface area contributed by atoms with Crippen LogP contribution in [0.4, 0.5) is 4.79 Å². The first kappa shape index (κ1) is 35.0. The Morgan fingerprint density at radius 1 is 1.02 bits per heavy atom. The zero-order valence-electron chi connectivity index (χ0n) is 27.4. The van der Waals surface area contributed by atoms with Gasteiger partial charge in [-0.3, -0.25) is 5.43 Å². The predicted molar refractivity (Wildman–Crippen MR) is 188 cm³/mol. The molecule has 1 aliphatic rings. The van der Waals surface area contributed by atoms with E-state index < -0.39 is 24.3 Å². The van der Waals surface area contributed by atoms with E-state index in [-0.39, 0.29) is 12.2 Å². The highest BCUT2D eigenvalue weighted by atomic mass is 79.9. The van der Waals surface area contributed by atoms with Crippen molar-refractivity contribution in [3.05, 3.63) is 105 Å². The lowest BCUT2D eigenvalue weighted by molar-refractivity contribution is -0.136. The van der Waals surface area contributed by atoms with E-state index in [0.29, 0.717) is 57.5 Å². The first-order valence-electron chi connectivity index (χ1n) is 15.4. The molecular weight excluding hydrogens is 696 g/mol. The Morgan fingerprint density at radius 2 is 1.82 bits per heavy atom. The lowest BCUT2D eigenvalue weighted by atomic mass is 9.95. The van der Waals surface area contributed by atoms with E-state index in [1.807, 2.05) is 37.3 Å². The van der Waals surface area contributed by atoms with Gasteiger partial charge in [0, 0.05) is 5.70 Å². The van der Waals surface area contributed by atoms with Crippen molar-refractivity contribution >= 4 is 44.9 Å². The minimum absolute atomic E-state index is 0.165. The zero-order chi connectivity index (χ0) is 34.9. The second kappa shape index (κ2) is 16.2. The Morgan fingerprint density at radius 3 is 2.59 bits per heavy atom. The molecule has 2 amide bonds. The van der Waals surface area contributed by atoms with Crippen LogP contribution in [0.2, 0.25) is 0 Å². The molecule has 0 radical (unpaired) electrons. The Bertz CT molecular complexity index is 1890. The number of nitrogens with zero attached hydrogens (tertiary/aromatic N) is 1. The minimum Gasteiger partial charge on any atom is -0.493 e. The topological polar surface area (TPSA) is 149 Å². The fourth-order valence-corrected chi connectivity index (χ4v) is 5.92. The number of rotatable bonds is 14. The molecule has 256 valence electrons. The number of carbonyl (C=O) groups excluding carboxylic acids is 2. The average molecular weight is 734 g/mol. The van der Waals surface area contributed by atoms with Crippen molar-refractivity contribution in [1.82, 2.24) is 16.1 Å². The molecule has 1 heterocycles. The van der Waals surface area contributed by atoms with Gasteiger partial charge in [-0.15, -0.1) is 0 Å². The van der Waals surface area contributed by atoms with Gasteiger partial charge in [0.05, 0.1) is 43.1 Å². The fraction of sp³-hybridized carbons (Fsp3) is 0.250. The highest BCUT2D eigenvalue weighted by Crippen LogP contribution is 2.38. The molecule has 4 N–H and O–H groups in total. The molecule has 4 aromatic rings. The van der Waals surface area contributed by atoms with Crippen molar-refractivity contribution in [3.63, 3.8) is 0 Å². The number of ether oxygens (including phenoxy) is 5. The lowest BCUT2D eigenvalue weighted by Gasteiger charge is -2.28. The van der Waals surface area contributed by atoms with Crippen molar-refractivity contribution < 1.29 is 38.4 Å². The number of amides is 2. The molecule has 0 fully saturated rings. The largest absolute Gasteiger partial charge is 0.493 e. The number of esters is 1. The van der Waals surface area contributed by atoms with Crippen molar-refractivity contribution in [2.24, 2.45) is 5.10 Å². The maximum atomic E-state index is 12.5. The van der Waals surface area contributed by atoms with Gasteiger partial charge in [-0.2, -0.15) is 5.10 Å². The van der Waals surface area contributed by atoms with E-state index in [9.17, 15) is 14.7 Å². The molecule has 0 aliphatic carbocycles. The van der Waals surface area contributed by atoms with Crippen LogP contribution in [-0.4, -0.2) is 57.0 Å². The number of hydrazone groups is 1. The van der Waals surface area contributed by atoms with E-state index in [4.69, 9.17) is 23.7 Å². The van der Waals surface area contributed by atoms with Crippen molar-refractivity contribution in [2.75, 3.05) is 27.4 Å². The van der Waals surface area contributed by atoms with Gasteiger partial charge in [0.2, 0.25) is 0 Å². The van der Waals surface area contributed by atoms with E-state index in [1.54, 1.807) is 38.3 Å². The lowest BCUT2D eigenvalue weighted by Crippen LogP contribution is -2.45. The molecule has 0 bridgehead atoms. The number of hydrogen-bond donors (Lipinski definition) is 4. The van der Waals surface area contributed by atoms with Gasteiger partial charge in [0.15, 0.2) is 29.2 Å². The summed E-state index contributed by atoms with van der Waals surface area (Å²) in [7, 11) is 2.84. The summed E-state index contributed by atoms with van der Waals surface area (Å²) in [4.78, 5) is 24.7. The summed E-state index contributed by atoms with van der Waals surface area (Å²) in [6, 6.07) is 21.7. The molecule has 1 aliphatic heterocycles. The average Bonchev–Trinajstić information content (AvgIpc) is 3.10. The Balaban J connectivity index is 1.21. The van der Waals surface area contributed by atoms with Crippen molar-refractivity contribution in [3.8, 4) is 23.0 Å². The molecule has 13 heteroatoms. The quantitative estimate of drug-likeness (QED) is 0.0554. The molecule has 0 saturated carbocycles. The molecule has 4 aromatic carbocycles. The summed E-state index contributed by atoms with van der Waals surface area (Å²) in [5.74, 6) is 1.21. The number of allylic oxidation sites excluding steroid dienone is 1. The Hall–Kier alpha value is -5.27. The van der Waals surface area contributed by atoms with Crippen molar-refractivity contribution in [1.29, 1.82) is 0 Å². The smallest absolute Gasteiger partial charge is 0.337 e. The van der Waals surface area contributed by atoms with Gasteiger partial charge in [-0.25, -0.2) is 9.59 Å². The molecule has 0 aromatic heterocycles. The van der Waals surface area contributed by atoms with Crippen LogP contribution in [0, 0.1) is 0 Å². The van der Waals surface area contributed by atoms with E-state index >= 15 is 0 Å². The summed E-state index contributed by atoms with van der Waals surface area (Å²) in [5.41, 5.74) is 5.63. The monoisotopic (exact) mass is 732 g/mol. The number of fused-ring (bicyclic) bond motifs is 1. The summed E-state index contributed by atoms with van der Waals surface area (Å²) in [5, 5.41) is 22.3. The molecule has 0 saturated heterocycles. The number of nitrogens with one attached hydrogen (secondary N) is 3. The maximum absolute atomic E-state index is 12.5. The van der Waals surface area contributed by atoms with Gasteiger partial charge in [-0.05, 0) is 81.5 Å². The Kier molecular flexibility index (Phi) is 11.6. The first-order chi connectivity index (χ1) is 23.7. The van der Waals surface area contributed by atoms with Crippen LogP contribution < -0.4 is 35.0 Å². The van der Waals surface area contributed by atoms with Crippen LogP contribution in [-0.2, 0) is 16.1 Å². The summed E-state index contributed by atoms with van der Waals surface area (Å²) < 4.78 is 29.0. The molecule has 2 atom stereocenters. The van der Waals surface area contributed by atoms with Gasteiger partial charge in [0.25, 0.3) is 0 Å². The number of urea groups is 1. The highest BCUT2D eigenvalue weighted by molar-refractivity contribution is 9.10. The summed E-state index contributed by atoms with van der Waals surface area (Å²) >= 11 is 3.59. The van der Waals surface area contributed by atoms with E-state index in [2.05, 4.69) is 55.3 Å². The zero-order valence-corrected chi connectivity index (χ0v) is 29.0. The van der Waals surface area contributed by atoms with E-state index in [1.165, 1.54) is 13.3 Å². The van der Waals surface area contributed by atoms with E-state index in [0.717, 1.165) is 16.3 Å². The van der Waals surface area contributed by atoms with Gasteiger partial charge in [-0.1, -0.05) is 48.5 Å². The second-order valence-corrected chi connectivity index (χ2v) is 11.7. The fourth-order valence-electron chi connectivity index (χ4n) is 5.34. The summed E-state index contributed by atoms with van der Waals surface area (Å²) in [6.07, 6.45) is 0.367. The SMILES string of the molecule is CCOc1cc([C@H]2NC(=O)NC(C)=C2C(=O)OC)ccc1OC[C@@H](O)N/N=C/c1cc(Br)c(OCc2cccc3ccccc23)c(OC)c1. The standard InChI is InChI=1S/C36H37BrN4O8/c1-5-47-29-17-24(33-32(35(43)46-4)21(2)39-36(44)40-33)13-14-28(29)48-20-31(42)41-38-18-22-15-27(37)34(30(16-22)45-3)49-19-25-11-8-10-23-9-6-7-12-26(23)25/h6-18,31,33,41-42H,5,19-20H2,1-4H3,(H2,39,40,44)/b38-18+/t31-,33-/m1/s1. The highest BCUT2D eigenvalue weighted by Gasteiger charge is 2.32.